The Labute approximate surface area is 154 Å². The van der Waals surface area contributed by atoms with Crippen molar-refractivity contribution in [1.29, 1.82) is 0 Å². The number of benzene rings is 1. The van der Waals surface area contributed by atoms with E-state index in [0.29, 0.717) is 0 Å². The van der Waals surface area contributed by atoms with Crippen LogP contribution < -0.4 is 4.57 Å². The molecule has 25 heavy (non-hydrogen) atoms. The van der Waals surface area contributed by atoms with Crippen LogP contribution in [0.15, 0.2) is 42.7 Å². The lowest BCUT2D eigenvalue weighted by Crippen LogP contribution is -2.32. The Hall–Kier alpha value is -1.57. The van der Waals surface area contributed by atoms with Gasteiger partial charge in [0.1, 0.15) is 18.9 Å². The van der Waals surface area contributed by atoms with E-state index in [9.17, 15) is 0 Å². The molecule has 0 aliphatic heterocycles. The van der Waals surface area contributed by atoms with Crippen LogP contribution in [0, 0.1) is 0 Å². The maximum atomic E-state index is 2.41. The third kappa shape index (κ3) is 7.46. The summed E-state index contributed by atoms with van der Waals surface area (Å²) in [7, 11) is 2.17. The summed E-state index contributed by atoms with van der Waals surface area (Å²) in [4.78, 5) is 0. The molecule has 0 radical (unpaired) electrons. The van der Waals surface area contributed by atoms with Crippen LogP contribution in [-0.4, -0.2) is 4.57 Å². The smallest absolute Gasteiger partial charge is 0.237 e. The molecule has 2 rings (SSSR count). The van der Waals surface area contributed by atoms with Crippen LogP contribution in [0.3, 0.4) is 0 Å². The summed E-state index contributed by atoms with van der Waals surface area (Å²) in [5.74, 6) is 1.45. The molecular weight excluding hydrogens is 304 g/mol. The number of unbranched alkanes of at least 4 members (excludes halogenated alkanes) is 9. The third-order valence-corrected chi connectivity index (χ3v) is 5.16. The van der Waals surface area contributed by atoms with Gasteiger partial charge in [-0.15, -0.1) is 0 Å². The minimum absolute atomic E-state index is 0.981. The van der Waals surface area contributed by atoms with E-state index in [1.165, 1.54) is 82.0 Å². The van der Waals surface area contributed by atoms with Crippen molar-refractivity contribution in [3.63, 3.8) is 0 Å². The van der Waals surface area contributed by atoms with E-state index in [0.717, 1.165) is 6.54 Å². The summed E-state index contributed by atoms with van der Waals surface area (Å²) < 4.78 is 4.69. The van der Waals surface area contributed by atoms with E-state index in [2.05, 4.69) is 65.8 Å². The van der Waals surface area contributed by atoms with E-state index < -0.39 is 0 Å². The Balaban J connectivity index is 1.63. The molecule has 0 unspecified atom stereocenters. The van der Waals surface area contributed by atoms with Crippen molar-refractivity contribution in [2.24, 2.45) is 7.05 Å². The van der Waals surface area contributed by atoms with Gasteiger partial charge >= 0.3 is 0 Å². The van der Waals surface area contributed by atoms with Gasteiger partial charge in [-0.3, -0.25) is 0 Å². The summed E-state index contributed by atoms with van der Waals surface area (Å²) in [6.07, 6.45) is 19.6. The van der Waals surface area contributed by atoms with E-state index in [1.807, 2.05) is 0 Å². The highest BCUT2D eigenvalue weighted by atomic mass is 15.1. The number of aryl methyl sites for hydroxylation is 1. The normalized spacial score (nSPS) is 11.1. The number of rotatable bonds is 13. The first kappa shape index (κ1) is 19.8. The molecule has 0 atom stereocenters. The molecule has 138 valence electrons. The van der Waals surface area contributed by atoms with Gasteiger partial charge in [0.15, 0.2) is 0 Å². The number of imidazole rings is 1. The summed E-state index contributed by atoms with van der Waals surface area (Å²) in [5, 5.41) is 0. The summed E-state index contributed by atoms with van der Waals surface area (Å²) in [6.45, 7) is 3.27. The van der Waals surface area contributed by atoms with Crippen LogP contribution in [0.25, 0.3) is 0 Å². The second-order valence-corrected chi connectivity index (χ2v) is 7.37. The Morgan fingerprint density at radius 3 is 2.04 bits per heavy atom. The van der Waals surface area contributed by atoms with Crippen LogP contribution in [0.5, 0.6) is 0 Å². The Bertz CT molecular complexity index is 571. The molecule has 1 aromatic heterocycles. The zero-order valence-electron chi connectivity index (χ0n) is 16.4. The molecule has 2 nitrogen and oxygen atoms in total. The predicted octanol–water partition coefficient (Wildman–Crippen LogP) is 5.82. The average Bonchev–Trinajstić information content (AvgIpc) is 2.97. The summed E-state index contributed by atoms with van der Waals surface area (Å²) in [5.41, 5.74) is 1.38. The highest BCUT2D eigenvalue weighted by Crippen LogP contribution is 2.12. The average molecular weight is 342 g/mol. The lowest BCUT2D eigenvalue weighted by atomic mass is 10.1. The van der Waals surface area contributed by atoms with E-state index in [4.69, 9.17) is 0 Å². The largest absolute Gasteiger partial charge is 0.256 e. The van der Waals surface area contributed by atoms with Crippen LogP contribution >= 0.6 is 0 Å². The minimum atomic E-state index is 0.981. The minimum Gasteiger partial charge on any atom is -0.237 e. The topological polar surface area (TPSA) is 8.81 Å². The van der Waals surface area contributed by atoms with E-state index >= 15 is 0 Å². The fourth-order valence-electron chi connectivity index (χ4n) is 3.57. The van der Waals surface area contributed by atoms with Crippen molar-refractivity contribution in [2.45, 2.75) is 84.1 Å². The fraction of sp³-hybridized carbons (Fsp3) is 0.609. The summed E-state index contributed by atoms with van der Waals surface area (Å²) in [6, 6.07) is 10.8. The standard InChI is InChI=1S/C23H37N2/c1-3-4-5-6-7-8-9-10-11-15-18-23-24(2)19-20-25(23)21-22-16-13-12-14-17-22/h12-14,16-17,19-20H,3-11,15,18,21H2,1-2H3/q+1. The molecule has 1 aromatic carbocycles. The first-order valence-corrected chi connectivity index (χ1v) is 10.4. The van der Waals surface area contributed by atoms with Crippen LogP contribution in [0.2, 0.25) is 0 Å². The molecule has 0 aliphatic carbocycles. The molecule has 0 aliphatic rings. The van der Waals surface area contributed by atoms with Gasteiger partial charge in [-0.05, 0) is 12.0 Å². The predicted molar refractivity (Wildman–Crippen MR) is 107 cm³/mol. The molecular formula is C23H37N2+. The molecule has 2 aromatic rings. The highest BCUT2D eigenvalue weighted by molar-refractivity contribution is 5.15. The quantitative estimate of drug-likeness (QED) is 0.320. The van der Waals surface area contributed by atoms with Gasteiger partial charge in [-0.2, -0.15) is 0 Å². The lowest BCUT2D eigenvalue weighted by Gasteiger charge is -2.04. The molecule has 0 fully saturated rings. The Morgan fingerprint density at radius 1 is 0.800 bits per heavy atom. The monoisotopic (exact) mass is 341 g/mol. The van der Waals surface area contributed by atoms with Crippen molar-refractivity contribution in [3.8, 4) is 0 Å². The second kappa shape index (κ2) is 11.9. The molecule has 0 bridgehead atoms. The van der Waals surface area contributed by atoms with Gasteiger partial charge in [0.05, 0.1) is 7.05 Å². The van der Waals surface area contributed by atoms with Crippen molar-refractivity contribution in [2.75, 3.05) is 0 Å². The summed E-state index contributed by atoms with van der Waals surface area (Å²) >= 11 is 0. The van der Waals surface area contributed by atoms with Crippen LogP contribution in [0.4, 0.5) is 0 Å². The van der Waals surface area contributed by atoms with E-state index in [-0.39, 0.29) is 0 Å². The molecule has 2 heteroatoms. The maximum Gasteiger partial charge on any atom is 0.256 e. The van der Waals surface area contributed by atoms with Crippen LogP contribution in [-0.2, 0) is 20.0 Å². The molecule has 0 saturated carbocycles. The van der Waals surface area contributed by atoms with Crippen molar-refractivity contribution in [1.82, 2.24) is 4.57 Å². The lowest BCUT2D eigenvalue weighted by molar-refractivity contribution is -0.678. The number of hydrogen-bond donors (Lipinski definition) is 0. The first-order valence-electron chi connectivity index (χ1n) is 10.4. The molecule has 1 heterocycles. The van der Waals surface area contributed by atoms with Gasteiger partial charge in [-0.25, -0.2) is 9.13 Å². The van der Waals surface area contributed by atoms with Crippen molar-refractivity contribution < 1.29 is 4.57 Å². The zero-order chi connectivity index (χ0) is 17.7. The Kier molecular flexibility index (Phi) is 9.40. The molecule has 0 N–H and O–H groups in total. The highest BCUT2D eigenvalue weighted by Gasteiger charge is 2.14. The van der Waals surface area contributed by atoms with Gasteiger partial charge < -0.3 is 0 Å². The van der Waals surface area contributed by atoms with Crippen molar-refractivity contribution >= 4 is 0 Å². The molecule has 0 spiro atoms. The SMILES string of the molecule is CCCCCCCCCCCCc1n(Cc2ccccc2)cc[n+]1C. The molecule has 0 saturated heterocycles. The van der Waals surface area contributed by atoms with Gasteiger partial charge in [0.25, 0.3) is 5.82 Å². The number of nitrogens with zero attached hydrogens (tertiary/aromatic N) is 2. The number of hydrogen-bond acceptors (Lipinski definition) is 0. The first-order chi connectivity index (χ1) is 12.3. The van der Waals surface area contributed by atoms with Crippen LogP contribution in [0.1, 0.15) is 82.5 Å². The maximum absolute atomic E-state index is 2.41. The van der Waals surface area contributed by atoms with E-state index in [1.54, 1.807) is 0 Å². The number of aromatic nitrogens is 2. The zero-order valence-corrected chi connectivity index (χ0v) is 16.4. The Morgan fingerprint density at radius 2 is 1.40 bits per heavy atom. The molecule has 0 amide bonds. The van der Waals surface area contributed by atoms with Gasteiger partial charge in [-0.1, -0.05) is 95.0 Å². The van der Waals surface area contributed by atoms with Gasteiger partial charge in [0, 0.05) is 6.42 Å². The third-order valence-electron chi connectivity index (χ3n) is 5.16. The van der Waals surface area contributed by atoms with Crippen molar-refractivity contribution in [3.05, 3.63) is 54.1 Å². The second-order valence-electron chi connectivity index (χ2n) is 7.37. The fourth-order valence-corrected chi connectivity index (χ4v) is 3.57. The van der Waals surface area contributed by atoms with Gasteiger partial charge in [0.2, 0.25) is 0 Å².